The predicted octanol–water partition coefficient (Wildman–Crippen LogP) is 16.5. The average molecular weight is 900 g/mol. The van der Waals surface area contributed by atoms with Gasteiger partial charge < -0.3 is 0 Å². The van der Waals surface area contributed by atoms with E-state index in [1.165, 1.54) is 59.8 Å². The third kappa shape index (κ3) is 6.22. The monoisotopic (exact) mass is 899 g/mol. The molecule has 5 nitrogen and oxygen atoms in total. The van der Waals surface area contributed by atoms with Crippen LogP contribution in [0.15, 0.2) is 212 Å². The van der Waals surface area contributed by atoms with Crippen molar-refractivity contribution in [2.24, 2.45) is 0 Å². The number of fused-ring (bicyclic) bond motifs is 10. The van der Waals surface area contributed by atoms with Crippen LogP contribution in [-0.4, -0.2) is 24.5 Å². The SMILES string of the molecule is CC1(C)c2cc(-c3ccc4c(c3)c3c5ccccc5ccc3n4-c3nc(-c4ccccc4)c4ccccc4n3)ccc2-c2ccc(-c3nc(-c4ccccc4)c4sc(-c5ccccc5)cc4n3)cc21. The Morgan fingerprint density at radius 3 is 1.75 bits per heavy atom. The third-order valence-electron chi connectivity index (χ3n) is 14.2. The van der Waals surface area contributed by atoms with Gasteiger partial charge in [-0.1, -0.05) is 184 Å². The molecule has 0 saturated carbocycles. The zero-order valence-corrected chi connectivity index (χ0v) is 38.7. The molecule has 324 valence electrons. The molecule has 14 rings (SSSR count). The zero-order valence-electron chi connectivity index (χ0n) is 37.9. The maximum absolute atomic E-state index is 5.36. The van der Waals surface area contributed by atoms with E-state index in [9.17, 15) is 0 Å². The van der Waals surface area contributed by atoms with Gasteiger partial charge in [-0.2, -0.15) is 0 Å². The smallest absolute Gasteiger partial charge is 0.235 e. The number of para-hydroxylation sites is 1. The van der Waals surface area contributed by atoms with Gasteiger partial charge in [0.2, 0.25) is 5.95 Å². The molecule has 9 aromatic carbocycles. The quantitative estimate of drug-likeness (QED) is 0.167. The molecule has 0 fully saturated rings. The van der Waals surface area contributed by atoms with Gasteiger partial charge in [0.15, 0.2) is 5.82 Å². The molecule has 0 saturated heterocycles. The topological polar surface area (TPSA) is 56.5 Å². The maximum atomic E-state index is 5.36. The van der Waals surface area contributed by atoms with Crippen LogP contribution in [0.25, 0.3) is 126 Å². The van der Waals surface area contributed by atoms with Crippen molar-refractivity contribution < 1.29 is 0 Å². The predicted molar refractivity (Wildman–Crippen MR) is 287 cm³/mol. The molecule has 0 amide bonds. The summed E-state index contributed by atoms with van der Waals surface area (Å²) < 4.78 is 3.35. The van der Waals surface area contributed by atoms with Crippen LogP contribution in [0.5, 0.6) is 0 Å². The number of rotatable bonds is 6. The van der Waals surface area contributed by atoms with E-state index in [1.807, 2.05) is 6.07 Å². The highest BCUT2D eigenvalue weighted by molar-refractivity contribution is 7.22. The van der Waals surface area contributed by atoms with Gasteiger partial charge in [-0.25, -0.2) is 19.9 Å². The van der Waals surface area contributed by atoms with Gasteiger partial charge in [0.1, 0.15) is 0 Å². The molecule has 0 spiro atoms. The van der Waals surface area contributed by atoms with Gasteiger partial charge in [0.25, 0.3) is 0 Å². The average Bonchev–Trinajstić information content (AvgIpc) is 4.06. The lowest BCUT2D eigenvalue weighted by atomic mass is 9.81. The lowest BCUT2D eigenvalue weighted by Gasteiger charge is -2.22. The summed E-state index contributed by atoms with van der Waals surface area (Å²) in [7, 11) is 0. The molecule has 1 aliphatic carbocycles. The molecule has 0 unspecified atom stereocenters. The first-order valence-corrected chi connectivity index (χ1v) is 24.3. The van der Waals surface area contributed by atoms with Gasteiger partial charge in [-0.15, -0.1) is 11.3 Å². The van der Waals surface area contributed by atoms with Crippen LogP contribution in [-0.2, 0) is 5.41 Å². The molecular weight excluding hydrogens is 859 g/mol. The first kappa shape index (κ1) is 39.6. The molecule has 1 aliphatic rings. The summed E-state index contributed by atoms with van der Waals surface area (Å²) in [6, 6.07) is 75.9. The molecular formula is C63H41N5S. The van der Waals surface area contributed by atoms with Crippen molar-refractivity contribution >= 4 is 65.0 Å². The van der Waals surface area contributed by atoms with E-state index in [0.29, 0.717) is 5.95 Å². The van der Waals surface area contributed by atoms with Crippen molar-refractivity contribution in [2.45, 2.75) is 19.3 Å². The van der Waals surface area contributed by atoms with E-state index < -0.39 is 0 Å². The Labute approximate surface area is 402 Å². The Hall–Kier alpha value is -8.58. The van der Waals surface area contributed by atoms with Crippen LogP contribution in [0.4, 0.5) is 0 Å². The van der Waals surface area contributed by atoms with Gasteiger partial charge in [0, 0.05) is 43.1 Å². The fourth-order valence-corrected chi connectivity index (χ4v) is 11.9. The highest BCUT2D eigenvalue weighted by Crippen LogP contribution is 2.51. The Bertz CT molecular complexity index is 4210. The summed E-state index contributed by atoms with van der Waals surface area (Å²) in [5, 5.41) is 5.79. The normalized spacial score (nSPS) is 12.9. The molecule has 0 bridgehead atoms. The van der Waals surface area contributed by atoms with Crippen molar-refractivity contribution in [1.82, 2.24) is 24.5 Å². The van der Waals surface area contributed by atoms with E-state index in [4.69, 9.17) is 19.9 Å². The highest BCUT2D eigenvalue weighted by atomic mass is 32.1. The molecule has 69 heavy (non-hydrogen) atoms. The van der Waals surface area contributed by atoms with Crippen LogP contribution in [0.2, 0.25) is 0 Å². The van der Waals surface area contributed by atoms with E-state index in [2.05, 4.69) is 225 Å². The number of hydrogen-bond donors (Lipinski definition) is 0. The van der Waals surface area contributed by atoms with E-state index >= 15 is 0 Å². The summed E-state index contributed by atoms with van der Waals surface area (Å²) in [4.78, 5) is 22.4. The second-order valence-corrected chi connectivity index (χ2v) is 19.7. The second-order valence-electron chi connectivity index (χ2n) is 18.6. The lowest BCUT2D eigenvalue weighted by Crippen LogP contribution is -2.15. The van der Waals surface area contributed by atoms with E-state index in [0.717, 1.165) is 71.6 Å². The van der Waals surface area contributed by atoms with Crippen LogP contribution in [0.1, 0.15) is 25.0 Å². The van der Waals surface area contributed by atoms with Crippen molar-refractivity contribution in [3.63, 3.8) is 0 Å². The molecule has 0 aliphatic heterocycles. The van der Waals surface area contributed by atoms with Crippen LogP contribution >= 0.6 is 11.3 Å². The number of thiophene rings is 1. The van der Waals surface area contributed by atoms with Crippen molar-refractivity contribution in [3.05, 3.63) is 223 Å². The Morgan fingerprint density at radius 1 is 0.406 bits per heavy atom. The summed E-state index contributed by atoms with van der Waals surface area (Å²) in [6.07, 6.45) is 0. The van der Waals surface area contributed by atoms with Crippen molar-refractivity contribution in [1.29, 1.82) is 0 Å². The Balaban J connectivity index is 0.889. The minimum atomic E-state index is -0.272. The van der Waals surface area contributed by atoms with Crippen molar-refractivity contribution in [3.8, 4) is 72.5 Å². The molecule has 13 aromatic rings. The highest BCUT2D eigenvalue weighted by Gasteiger charge is 2.36. The van der Waals surface area contributed by atoms with Crippen LogP contribution < -0.4 is 0 Å². The molecule has 6 heteroatoms. The van der Waals surface area contributed by atoms with Crippen LogP contribution in [0, 0.1) is 0 Å². The first-order chi connectivity index (χ1) is 33.9. The molecule has 4 aromatic heterocycles. The molecule has 0 N–H and O–H groups in total. The van der Waals surface area contributed by atoms with Gasteiger partial charge in [-0.3, -0.25) is 4.57 Å². The standard InChI is InChI=1S/C63H41N5S/c1-63(2)50-35-43(26-30-46(50)47-31-27-44(36-51(47)63)61-64-53-37-56(39-17-6-3-7-18-39)69-60(53)59(66-61)41-21-10-5-11-22-41)42-29-32-54-49(34-42)57-45-23-13-12-16-38(45)28-33-55(57)68(54)62-65-52-25-15-14-24-48(52)58(67-62)40-19-8-4-9-20-40/h3-37H,1-2H3. The summed E-state index contributed by atoms with van der Waals surface area (Å²) in [5.41, 5.74) is 17.4. The number of benzene rings is 9. The van der Waals surface area contributed by atoms with Crippen molar-refractivity contribution in [2.75, 3.05) is 0 Å². The van der Waals surface area contributed by atoms with Gasteiger partial charge in [0.05, 0.1) is 38.2 Å². The summed E-state index contributed by atoms with van der Waals surface area (Å²) in [6.45, 7) is 4.71. The minimum absolute atomic E-state index is 0.272. The third-order valence-corrected chi connectivity index (χ3v) is 15.4. The number of nitrogens with zero attached hydrogens (tertiary/aromatic N) is 5. The lowest BCUT2D eigenvalue weighted by molar-refractivity contribution is 0.661. The number of hydrogen-bond acceptors (Lipinski definition) is 5. The molecule has 0 radical (unpaired) electrons. The van der Waals surface area contributed by atoms with Crippen LogP contribution in [0.3, 0.4) is 0 Å². The summed E-state index contributed by atoms with van der Waals surface area (Å²) in [5.74, 6) is 1.39. The summed E-state index contributed by atoms with van der Waals surface area (Å²) >= 11 is 1.76. The van der Waals surface area contributed by atoms with Gasteiger partial charge in [-0.05, 0) is 92.2 Å². The fourth-order valence-electron chi connectivity index (χ4n) is 10.8. The van der Waals surface area contributed by atoms with Gasteiger partial charge >= 0.3 is 0 Å². The maximum Gasteiger partial charge on any atom is 0.235 e. The zero-order chi connectivity index (χ0) is 45.8. The molecule has 4 heterocycles. The Morgan fingerprint density at radius 2 is 1.00 bits per heavy atom. The first-order valence-electron chi connectivity index (χ1n) is 23.5. The Kier molecular flexibility index (Phi) is 8.73. The number of aromatic nitrogens is 5. The molecule has 0 atom stereocenters. The second kappa shape index (κ2) is 15.2. The largest absolute Gasteiger partial charge is 0.278 e. The van der Waals surface area contributed by atoms with E-state index in [1.54, 1.807) is 11.3 Å². The fraction of sp³-hybridized carbons (Fsp3) is 0.0476. The van der Waals surface area contributed by atoms with E-state index in [-0.39, 0.29) is 5.41 Å². The minimum Gasteiger partial charge on any atom is -0.278 e.